The molecular formula is C17H22ClN3O2. The van der Waals surface area contributed by atoms with Crippen LogP contribution >= 0.6 is 11.6 Å². The van der Waals surface area contributed by atoms with Crippen LogP contribution in [0.2, 0.25) is 5.02 Å². The van der Waals surface area contributed by atoms with Gasteiger partial charge in [0.2, 0.25) is 0 Å². The number of hydrogen-bond acceptors (Lipinski definition) is 4. The third kappa shape index (κ3) is 3.42. The number of Topliss-reactive ketones (excluding diaryl/α,β-unsaturated/α-hetero) is 1. The second-order valence-corrected chi connectivity index (χ2v) is 7.14. The Bertz CT molecular complexity index is 703. The van der Waals surface area contributed by atoms with Crippen LogP contribution in [0.25, 0.3) is 10.9 Å². The summed E-state index contributed by atoms with van der Waals surface area (Å²) in [6.07, 6.45) is 0.437. The maximum Gasteiger partial charge on any atom is 0.140 e. The number of ether oxygens (including phenoxy) is 1. The normalized spacial score (nSPS) is 19.7. The van der Waals surface area contributed by atoms with Crippen molar-refractivity contribution in [2.24, 2.45) is 5.92 Å². The van der Waals surface area contributed by atoms with Crippen molar-refractivity contribution < 1.29 is 9.53 Å². The molecule has 2 heterocycles. The number of carbonyl (C=O) groups is 1. The molecule has 0 saturated carbocycles. The Morgan fingerprint density at radius 1 is 1.48 bits per heavy atom. The van der Waals surface area contributed by atoms with Gasteiger partial charge in [-0.15, -0.1) is 0 Å². The maximum atomic E-state index is 12.7. The first-order valence-electron chi connectivity index (χ1n) is 7.93. The van der Waals surface area contributed by atoms with Gasteiger partial charge in [-0.1, -0.05) is 37.6 Å². The average Bonchev–Trinajstić information content (AvgIpc) is 2.77. The number of rotatable bonds is 4. The van der Waals surface area contributed by atoms with Crippen molar-refractivity contribution in [2.45, 2.75) is 25.7 Å². The maximum absolute atomic E-state index is 12.7. The highest BCUT2D eigenvalue weighted by molar-refractivity contribution is 6.35. The lowest BCUT2D eigenvalue weighted by Gasteiger charge is -2.25. The zero-order valence-corrected chi connectivity index (χ0v) is 14.2. The molecule has 0 aliphatic carbocycles. The molecule has 0 spiro atoms. The highest BCUT2D eigenvalue weighted by Gasteiger charge is 2.32. The first-order valence-corrected chi connectivity index (χ1v) is 8.31. The molecule has 124 valence electrons. The molecule has 0 bridgehead atoms. The van der Waals surface area contributed by atoms with Crippen LogP contribution in [0.5, 0.6) is 0 Å². The van der Waals surface area contributed by atoms with E-state index in [9.17, 15) is 4.79 Å². The quantitative estimate of drug-likeness (QED) is 0.901. The monoisotopic (exact) mass is 335 g/mol. The Morgan fingerprint density at radius 3 is 3.13 bits per heavy atom. The van der Waals surface area contributed by atoms with Crippen LogP contribution in [0.15, 0.2) is 18.2 Å². The van der Waals surface area contributed by atoms with Crippen molar-refractivity contribution >= 4 is 28.3 Å². The summed E-state index contributed by atoms with van der Waals surface area (Å²) in [5.41, 5.74) is 1.36. The van der Waals surface area contributed by atoms with Crippen LogP contribution in [-0.2, 0) is 14.9 Å². The number of ketones is 1. The van der Waals surface area contributed by atoms with Crippen molar-refractivity contribution in [2.75, 3.05) is 26.3 Å². The lowest BCUT2D eigenvalue weighted by Crippen LogP contribution is -2.33. The predicted octanol–water partition coefficient (Wildman–Crippen LogP) is 2.69. The van der Waals surface area contributed by atoms with E-state index in [0.717, 1.165) is 23.1 Å². The van der Waals surface area contributed by atoms with E-state index in [-0.39, 0.29) is 17.1 Å². The topological polar surface area (TPSA) is 67.0 Å². The van der Waals surface area contributed by atoms with Crippen LogP contribution in [0.3, 0.4) is 0 Å². The minimum atomic E-state index is -0.344. The van der Waals surface area contributed by atoms with Crippen molar-refractivity contribution in [3.63, 3.8) is 0 Å². The van der Waals surface area contributed by atoms with Crippen molar-refractivity contribution in [1.82, 2.24) is 15.5 Å². The fourth-order valence-corrected chi connectivity index (χ4v) is 3.32. The van der Waals surface area contributed by atoms with Crippen LogP contribution < -0.4 is 5.32 Å². The molecule has 1 saturated heterocycles. The van der Waals surface area contributed by atoms with E-state index in [4.69, 9.17) is 16.3 Å². The summed E-state index contributed by atoms with van der Waals surface area (Å²) >= 11 is 6.19. The Labute approximate surface area is 140 Å². The smallest absolute Gasteiger partial charge is 0.140 e. The molecule has 0 radical (unpaired) electrons. The molecule has 1 aromatic carbocycles. The molecule has 0 amide bonds. The number of H-pyrrole nitrogens is 1. The lowest BCUT2D eigenvalue weighted by molar-refractivity contribution is -0.125. The number of nitrogens with zero attached hydrogens (tertiary/aromatic N) is 1. The second kappa shape index (κ2) is 6.59. The zero-order valence-electron chi connectivity index (χ0n) is 13.5. The standard InChI is InChI=1S/C17H22ClN3O2/c1-17(2,8-14(22)11-9-19-6-7-23-10-11)16-12-4-3-5-13(18)15(12)20-21-16/h3-5,11,19H,6-10H2,1-2H3,(H,20,21). The predicted molar refractivity (Wildman–Crippen MR) is 90.9 cm³/mol. The second-order valence-electron chi connectivity index (χ2n) is 6.74. The lowest BCUT2D eigenvalue weighted by atomic mass is 9.80. The van der Waals surface area contributed by atoms with Crippen molar-refractivity contribution in [1.29, 1.82) is 0 Å². The first kappa shape index (κ1) is 16.4. The van der Waals surface area contributed by atoms with Gasteiger partial charge in [-0.3, -0.25) is 9.89 Å². The number of fused-ring (bicyclic) bond motifs is 1. The molecule has 1 aliphatic rings. The molecule has 1 unspecified atom stereocenters. The Morgan fingerprint density at radius 2 is 2.30 bits per heavy atom. The van der Waals surface area contributed by atoms with E-state index >= 15 is 0 Å². The summed E-state index contributed by atoms with van der Waals surface area (Å²) < 4.78 is 5.50. The molecule has 1 atom stereocenters. The zero-order chi connectivity index (χ0) is 16.4. The van der Waals surface area contributed by atoms with Gasteiger partial charge in [-0.25, -0.2) is 0 Å². The van der Waals surface area contributed by atoms with Crippen LogP contribution in [0.1, 0.15) is 26.0 Å². The summed E-state index contributed by atoms with van der Waals surface area (Å²) in [6, 6.07) is 5.72. The van der Waals surface area contributed by atoms with E-state index in [0.29, 0.717) is 31.2 Å². The van der Waals surface area contributed by atoms with Crippen LogP contribution in [0.4, 0.5) is 0 Å². The Hall–Kier alpha value is -1.43. The third-order valence-electron chi connectivity index (χ3n) is 4.42. The van der Waals surface area contributed by atoms with E-state index in [1.807, 2.05) is 18.2 Å². The van der Waals surface area contributed by atoms with Crippen molar-refractivity contribution in [3.8, 4) is 0 Å². The van der Waals surface area contributed by atoms with Gasteiger partial charge in [0.1, 0.15) is 11.3 Å². The highest BCUT2D eigenvalue weighted by Crippen LogP contribution is 2.34. The number of para-hydroxylation sites is 1. The summed E-state index contributed by atoms with van der Waals surface area (Å²) in [6.45, 7) is 6.77. The molecule has 5 nitrogen and oxygen atoms in total. The number of carbonyl (C=O) groups excluding carboxylic acids is 1. The van der Waals surface area contributed by atoms with Gasteiger partial charge in [-0.05, 0) is 6.07 Å². The average molecular weight is 336 g/mol. The SMILES string of the molecule is CC(C)(CC(=O)C1CNCCOC1)c1[nH]nc2c(Cl)cccc12. The number of halogens is 1. The van der Waals surface area contributed by atoms with E-state index < -0.39 is 0 Å². The molecule has 3 rings (SSSR count). The Balaban J connectivity index is 1.82. The van der Waals surface area contributed by atoms with E-state index in [1.165, 1.54) is 0 Å². The van der Waals surface area contributed by atoms with Gasteiger partial charge in [0.05, 0.1) is 24.2 Å². The third-order valence-corrected chi connectivity index (χ3v) is 4.72. The molecule has 2 aromatic rings. The number of nitrogens with one attached hydrogen (secondary N) is 2. The molecule has 23 heavy (non-hydrogen) atoms. The number of hydrogen-bond donors (Lipinski definition) is 2. The molecular weight excluding hydrogens is 314 g/mol. The van der Waals surface area contributed by atoms with Crippen molar-refractivity contribution in [3.05, 3.63) is 28.9 Å². The fourth-order valence-electron chi connectivity index (χ4n) is 3.10. The van der Waals surface area contributed by atoms with E-state index in [2.05, 4.69) is 29.4 Å². The number of aromatic nitrogens is 2. The minimum Gasteiger partial charge on any atom is -0.379 e. The van der Waals surface area contributed by atoms with Gasteiger partial charge in [0.25, 0.3) is 0 Å². The minimum absolute atomic E-state index is 0.0884. The Kier molecular flexibility index (Phi) is 4.71. The van der Waals surface area contributed by atoms with Crippen LogP contribution in [-0.4, -0.2) is 42.3 Å². The van der Waals surface area contributed by atoms with Gasteiger partial charge >= 0.3 is 0 Å². The number of benzene rings is 1. The number of aromatic amines is 1. The summed E-state index contributed by atoms with van der Waals surface area (Å²) in [5.74, 6) is 0.128. The van der Waals surface area contributed by atoms with Crippen LogP contribution in [0, 0.1) is 5.92 Å². The first-order chi connectivity index (χ1) is 11.0. The molecule has 1 aromatic heterocycles. The summed E-state index contributed by atoms with van der Waals surface area (Å²) in [7, 11) is 0. The molecule has 6 heteroatoms. The largest absolute Gasteiger partial charge is 0.379 e. The van der Waals surface area contributed by atoms with Gasteiger partial charge in [0, 0.05) is 36.0 Å². The summed E-state index contributed by atoms with van der Waals surface area (Å²) in [4.78, 5) is 12.7. The molecule has 2 N–H and O–H groups in total. The van der Waals surface area contributed by atoms with E-state index in [1.54, 1.807) is 0 Å². The van der Waals surface area contributed by atoms with Gasteiger partial charge in [-0.2, -0.15) is 5.10 Å². The molecule has 1 fully saturated rings. The van der Waals surface area contributed by atoms with Gasteiger partial charge in [0.15, 0.2) is 0 Å². The summed E-state index contributed by atoms with van der Waals surface area (Å²) in [5, 5.41) is 12.2. The molecule has 1 aliphatic heterocycles. The fraction of sp³-hybridized carbons (Fsp3) is 0.529. The highest BCUT2D eigenvalue weighted by atomic mass is 35.5. The van der Waals surface area contributed by atoms with Gasteiger partial charge < -0.3 is 10.1 Å².